The number of benzene rings is 3. The van der Waals surface area contributed by atoms with Gasteiger partial charge in [0.2, 0.25) is 0 Å². The molecule has 0 N–H and O–H groups in total. The van der Waals surface area contributed by atoms with E-state index in [1.165, 1.54) is 22.3 Å². The highest BCUT2D eigenvalue weighted by atomic mass is 15.0. The molecule has 1 aliphatic carbocycles. The predicted molar refractivity (Wildman–Crippen MR) is 122 cm³/mol. The summed E-state index contributed by atoms with van der Waals surface area (Å²) in [4.78, 5) is 14.5. The zero-order chi connectivity index (χ0) is 20.6. The highest BCUT2D eigenvalue weighted by molar-refractivity contribution is 5.89. The molecule has 1 aliphatic rings. The number of hydrogen-bond donors (Lipinski definition) is 0. The van der Waals surface area contributed by atoms with Crippen LogP contribution in [0.3, 0.4) is 0 Å². The summed E-state index contributed by atoms with van der Waals surface area (Å²) >= 11 is 0. The van der Waals surface area contributed by atoms with Gasteiger partial charge >= 0.3 is 0 Å². The first-order valence-electron chi connectivity index (χ1n) is 10.3. The fourth-order valence-corrected chi connectivity index (χ4v) is 4.19. The van der Waals surface area contributed by atoms with Gasteiger partial charge in [0.05, 0.1) is 5.56 Å². The van der Waals surface area contributed by atoms with Crippen LogP contribution in [0.5, 0.6) is 0 Å². The molecule has 1 aromatic heterocycles. The molecule has 0 atom stereocenters. The Balaban J connectivity index is 1.60. The topological polar surface area (TPSA) is 38.7 Å². The molecule has 0 radical (unpaired) electrons. The van der Waals surface area contributed by atoms with E-state index in [0.29, 0.717) is 17.5 Å². The Hall–Kier alpha value is -4.29. The molecular weight excluding hydrogens is 378 g/mol. The van der Waals surface area contributed by atoms with E-state index in [-0.39, 0.29) is 0 Å². The fourth-order valence-electron chi connectivity index (χ4n) is 4.19. The van der Waals surface area contributed by atoms with Crippen LogP contribution in [0.25, 0.3) is 45.3 Å². The molecule has 0 amide bonds. The van der Waals surface area contributed by atoms with Gasteiger partial charge in [-0.15, -0.1) is 0 Å². The Labute approximate surface area is 181 Å². The lowest BCUT2D eigenvalue weighted by atomic mass is 9.99. The van der Waals surface area contributed by atoms with Gasteiger partial charge < -0.3 is 0 Å². The lowest BCUT2D eigenvalue weighted by molar-refractivity contribution is 1.07. The van der Waals surface area contributed by atoms with E-state index in [1.807, 2.05) is 48.5 Å². The van der Waals surface area contributed by atoms with E-state index < -0.39 is 0 Å². The third-order valence-corrected chi connectivity index (χ3v) is 5.62. The lowest BCUT2D eigenvalue weighted by Crippen LogP contribution is -2.01. The van der Waals surface area contributed by atoms with Crippen molar-refractivity contribution in [1.29, 1.82) is 0 Å². The van der Waals surface area contributed by atoms with E-state index in [2.05, 4.69) is 54.6 Å². The van der Waals surface area contributed by atoms with Crippen LogP contribution in [0.1, 0.15) is 11.1 Å². The summed E-state index contributed by atoms with van der Waals surface area (Å²) in [7, 11) is 0. The fraction of sp³-hybridized carbons (Fsp3) is 0.0357. The van der Waals surface area contributed by atoms with Crippen LogP contribution < -0.4 is 0 Å². The maximum atomic E-state index is 4.90. The standard InChI is InChI=1S/C28H17N3/c1-3-10-19(11-4-1)26-29-27(20-12-5-2-6-13-20)31-28(30-26)24-17-9-15-22-18-21-14-7-8-16-23(21)25(22)24/h1-5,7-12,14-17H,18H2. The highest BCUT2D eigenvalue weighted by Gasteiger charge is 2.23. The number of fused-ring (bicyclic) bond motifs is 3. The van der Waals surface area contributed by atoms with Crippen molar-refractivity contribution in [3.63, 3.8) is 0 Å². The number of aromatic nitrogens is 3. The van der Waals surface area contributed by atoms with E-state index in [4.69, 9.17) is 15.0 Å². The molecule has 0 unspecified atom stereocenters. The molecule has 3 heteroatoms. The predicted octanol–water partition coefficient (Wildman–Crippen LogP) is 6.04. The molecule has 1 heterocycles. The molecule has 0 saturated heterocycles. The van der Waals surface area contributed by atoms with Gasteiger partial charge in [-0.25, -0.2) is 15.0 Å². The molecule has 31 heavy (non-hydrogen) atoms. The first kappa shape index (κ1) is 17.6. The third kappa shape index (κ3) is 3.06. The van der Waals surface area contributed by atoms with Crippen molar-refractivity contribution in [3.8, 4) is 45.3 Å². The smallest absolute Gasteiger partial charge is 0.172 e. The lowest BCUT2D eigenvalue weighted by Gasteiger charge is -2.11. The van der Waals surface area contributed by atoms with E-state index in [9.17, 15) is 0 Å². The first-order valence-corrected chi connectivity index (χ1v) is 10.3. The van der Waals surface area contributed by atoms with Crippen LogP contribution in [-0.2, 0) is 6.42 Å². The van der Waals surface area contributed by atoms with Crippen molar-refractivity contribution in [3.05, 3.63) is 114 Å². The number of nitrogens with zero attached hydrogens (tertiary/aromatic N) is 3. The van der Waals surface area contributed by atoms with Gasteiger partial charge in [-0.05, 0) is 40.8 Å². The number of rotatable bonds is 3. The zero-order valence-corrected chi connectivity index (χ0v) is 16.7. The molecule has 4 aromatic carbocycles. The van der Waals surface area contributed by atoms with Gasteiger partial charge in [0.15, 0.2) is 17.5 Å². The summed E-state index contributed by atoms with van der Waals surface area (Å²) in [5.41, 5.74) is 7.92. The molecular formula is C28H17N3. The van der Waals surface area contributed by atoms with Crippen molar-refractivity contribution in [2.45, 2.75) is 6.42 Å². The third-order valence-electron chi connectivity index (χ3n) is 5.62. The molecule has 0 bridgehead atoms. The van der Waals surface area contributed by atoms with Gasteiger partial charge in [-0.2, -0.15) is 0 Å². The second-order valence-corrected chi connectivity index (χ2v) is 7.55. The Morgan fingerprint density at radius 3 is 2.19 bits per heavy atom. The maximum absolute atomic E-state index is 4.90. The van der Waals surface area contributed by atoms with Gasteiger partial charge in [0, 0.05) is 11.1 Å². The largest absolute Gasteiger partial charge is 0.208 e. The average molecular weight is 395 g/mol. The van der Waals surface area contributed by atoms with Crippen molar-refractivity contribution in [2.75, 3.05) is 0 Å². The molecule has 0 aliphatic heterocycles. The minimum atomic E-state index is 0.601. The Morgan fingerprint density at radius 1 is 0.581 bits per heavy atom. The van der Waals surface area contributed by atoms with Gasteiger partial charge in [-0.1, -0.05) is 91.0 Å². The Kier molecular flexibility index (Phi) is 4.08. The SMILES string of the molecule is c1cccc(-c2nc(-c3ccccc3)nc(-c3cccc4c3-c3ccccc3C4)n2)c#1. The van der Waals surface area contributed by atoms with Crippen molar-refractivity contribution in [2.24, 2.45) is 0 Å². The molecule has 6 rings (SSSR count). The van der Waals surface area contributed by atoms with E-state index in [0.717, 1.165) is 23.1 Å². The number of hydrogen-bond acceptors (Lipinski definition) is 3. The van der Waals surface area contributed by atoms with Crippen LogP contribution in [0.2, 0.25) is 0 Å². The second-order valence-electron chi connectivity index (χ2n) is 7.55. The molecule has 3 nitrogen and oxygen atoms in total. The Bertz CT molecular complexity index is 1340. The maximum Gasteiger partial charge on any atom is 0.172 e. The zero-order valence-electron chi connectivity index (χ0n) is 16.7. The van der Waals surface area contributed by atoms with Gasteiger partial charge in [0.25, 0.3) is 0 Å². The summed E-state index contributed by atoms with van der Waals surface area (Å²) in [6.07, 6.45) is 0.935. The van der Waals surface area contributed by atoms with Crippen LogP contribution in [-0.4, -0.2) is 15.0 Å². The molecule has 0 fully saturated rings. The van der Waals surface area contributed by atoms with E-state index in [1.54, 1.807) is 0 Å². The molecule has 0 spiro atoms. The minimum absolute atomic E-state index is 0.601. The molecule has 0 saturated carbocycles. The Morgan fingerprint density at radius 2 is 1.32 bits per heavy atom. The van der Waals surface area contributed by atoms with Crippen LogP contribution in [0.15, 0.2) is 91.0 Å². The monoisotopic (exact) mass is 395 g/mol. The molecule has 5 aromatic rings. The van der Waals surface area contributed by atoms with Crippen LogP contribution in [0.4, 0.5) is 0 Å². The average Bonchev–Trinajstić information content (AvgIpc) is 3.24. The quantitative estimate of drug-likeness (QED) is 0.366. The first-order chi connectivity index (χ1) is 15.4. The van der Waals surface area contributed by atoms with Crippen molar-refractivity contribution in [1.82, 2.24) is 15.0 Å². The summed E-state index contributed by atoms with van der Waals surface area (Å²) in [6, 6.07) is 36.8. The van der Waals surface area contributed by atoms with Crippen molar-refractivity contribution >= 4 is 0 Å². The van der Waals surface area contributed by atoms with Crippen LogP contribution >= 0.6 is 0 Å². The van der Waals surface area contributed by atoms with Gasteiger partial charge in [-0.3, -0.25) is 0 Å². The summed E-state index contributed by atoms with van der Waals surface area (Å²) in [5.74, 6) is 1.93. The summed E-state index contributed by atoms with van der Waals surface area (Å²) in [6.45, 7) is 0. The van der Waals surface area contributed by atoms with E-state index >= 15 is 0 Å². The van der Waals surface area contributed by atoms with Crippen molar-refractivity contribution < 1.29 is 0 Å². The highest BCUT2D eigenvalue weighted by Crippen LogP contribution is 2.42. The van der Waals surface area contributed by atoms with Crippen LogP contribution in [0, 0.1) is 12.1 Å². The van der Waals surface area contributed by atoms with Gasteiger partial charge in [0.1, 0.15) is 0 Å². The minimum Gasteiger partial charge on any atom is -0.208 e. The summed E-state index contributed by atoms with van der Waals surface area (Å²) in [5, 5.41) is 0. The molecule has 144 valence electrons. The second kappa shape index (κ2) is 7.19. The summed E-state index contributed by atoms with van der Waals surface area (Å²) < 4.78 is 0. The normalized spacial score (nSPS) is 11.5.